The molecule has 2 aliphatic heterocycles. The van der Waals surface area contributed by atoms with E-state index in [0.29, 0.717) is 50.5 Å². The number of carbonyl (C=O) groups excluding carboxylic acids is 3. The molecule has 2 fully saturated rings. The van der Waals surface area contributed by atoms with E-state index in [2.05, 4.69) is 10.6 Å². The molecular formula is C23H26N4O6S. The zero-order valence-corrected chi connectivity index (χ0v) is 19.3. The van der Waals surface area contributed by atoms with Crippen molar-refractivity contribution in [2.45, 2.75) is 17.7 Å². The van der Waals surface area contributed by atoms with Crippen molar-refractivity contribution in [1.82, 2.24) is 9.62 Å². The molecule has 2 saturated heterocycles. The van der Waals surface area contributed by atoms with Gasteiger partial charge in [-0.25, -0.2) is 8.42 Å². The average molecular weight is 487 g/mol. The molecule has 0 saturated carbocycles. The van der Waals surface area contributed by atoms with E-state index >= 15 is 0 Å². The number of carbonyl (C=O) groups is 3. The van der Waals surface area contributed by atoms with Crippen LogP contribution in [0.5, 0.6) is 0 Å². The highest BCUT2D eigenvalue weighted by Crippen LogP contribution is 2.22. The smallest absolute Gasteiger partial charge is 0.251 e. The molecule has 0 bridgehead atoms. The highest BCUT2D eigenvalue weighted by molar-refractivity contribution is 7.89. The van der Waals surface area contributed by atoms with Crippen LogP contribution in [0.4, 0.5) is 11.4 Å². The Balaban J connectivity index is 1.28. The Kier molecular flexibility index (Phi) is 7.25. The predicted molar refractivity (Wildman–Crippen MR) is 125 cm³/mol. The molecule has 0 atom stereocenters. The summed E-state index contributed by atoms with van der Waals surface area (Å²) in [5, 5.41) is 5.18. The van der Waals surface area contributed by atoms with Gasteiger partial charge in [0.05, 0.1) is 24.7 Å². The fraction of sp³-hybridized carbons (Fsp3) is 0.348. The quantitative estimate of drug-likeness (QED) is 0.606. The molecule has 2 aromatic carbocycles. The first-order valence-corrected chi connectivity index (χ1v) is 12.4. The Morgan fingerprint density at radius 3 is 2.24 bits per heavy atom. The summed E-state index contributed by atoms with van der Waals surface area (Å²) in [7, 11) is -3.61. The zero-order chi connectivity index (χ0) is 24.1. The lowest BCUT2D eigenvalue weighted by molar-refractivity contribution is -0.117. The van der Waals surface area contributed by atoms with Crippen molar-refractivity contribution >= 4 is 39.1 Å². The van der Waals surface area contributed by atoms with Gasteiger partial charge in [0.2, 0.25) is 21.8 Å². The van der Waals surface area contributed by atoms with Crippen molar-refractivity contribution in [3.05, 3.63) is 54.1 Å². The van der Waals surface area contributed by atoms with E-state index in [1.165, 1.54) is 28.6 Å². The number of morpholine rings is 1. The van der Waals surface area contributed by atoms with Crippen molar-refractivity contribution in [1.29, 1.82) is 0 Å². The van der Waals surface area contributed by atoms with Crippen LogP contribution >= 0.6 is 0 Å². The number of ether oxygens (including phenoxy) is 1. The number of nitrogens with zero attached hydrogens (tertiary/aromatic N) is 2. The minimum Gasteiger partial charge on any atom is -0.379 e. The molecule has 4 rings (SSSR count). The van der Waals surface area contributed by atoms with E-state index in [1.54, 1.807) is 29.2 Å². The fourth-order valence-electron chi connectivity index (χ4n) is 3.83. The van der Waals surface area contributed by atoms with Crippen molar-refractivity contribution in [3.63, 3.8) is 0 Å². The zero-order valence-electron chi connectivity index (χ0n) is 18.5. The number of amides is 3. The average Bonchev–Trinajstić information content (AvgIpc) is 3.29. The molecule has 3 amide bonds. The third-order valence-electron chi connectivity index (χ3n) is 5.67. The molecule has 2 heterocycles. The summed E-state index contributed by atoms with van der Waals surface area (Å²) in [6, 6.07) is 12.5. The summed E-state index contributed by atoms with van der Waals surface area (Å²) < 4.78 is 31.9. The summed E-state index contributed by atoms with van der Waals surface area (Å²) in [6.45, 7) is 1.76. The predicted octanol–water partition coefficient (Wildman–Crippen LogP) is 1.20. The standard InChI is InChI=1S/C23H26N4O6S/c28-21(16-24-23(30)17-3-7-19(8-4-17)27-11-1-2-22(27)29)25-18-5-9-20(10-6-18)34(31,32)26-12-14-33-15-13-26/h3-10H,1-2,11-16H2,(H,24,30)(H,25,28). The van der Waals surface area contributed by atoms with Gasteiger partial charge in [-0.3, -0.25) is 14.4 Å². The summed E-state index contributed by atoms with van der Waals surface area (Å²) in [6.07, 6.45) is 1.35. The molecule has 0 unspecified atom stereocenters. The highest BCUT2D eigenvalue weighted by Gasteiger charge is 2.26. The fourth-order valence-corrected chi connectivity index (χ4v) is 5.24. The van der Waals surface area contributed by atoms with Gasteiger partial charge in [0.1, 0.15) is 0 Å². The van der Waals surface area contributed by atoms with Crippen molar-refractivity contribution in [2.24, 2.45) is 0 Å². The molecular weight excluding hydrogens is 460 g/mol. The van der Waals surface area contributed by atoms with E-state index in [-0.39, 0.29) is 17.3 Å². The first kappa shape index (κ1) is 23.9. The molecule has 180 valence electrons. The van der Waals surface area contributed by atoms with Crippen LogP contribution in [-0.2, 0) is 24.3 Å². The Labute approximate surface area is 197 Å². The van der Waals surface area contributed by atoms with Crippen molar-refractivity contribution in [2.75, 3.05) is 49.6 Å². The van der Waals surface area contributed by atoms with Gasteiger partial charge in [-0.05, 0) is 55.0 Å². The van der Waals surface area contributed by atoms with Crippen LogP contribution < -0.4 is 15.5 Å². The molecule has 0 aliphatic carbocycles. The minimum atomic E-state index is -3.61. The number of nitrogens with one attached hydrogen (secondary N) is 2. The van der Waals surface area contributed by atoms with Gasteiger partial charge in [0, 0.05) is 43.0 Å². The van der Waals surface area contributed by atoms with Crippen LogP contribution in [0.2, 0.25) is 0 Å². The maximum Gasteiger partial charge on any atom is 0.251 e. The van der Waals surface area contributed by atoms with Crippen LogP contribution in [0.25, 0.3) is 0 Å². The summed E-state index contributed by atoms with van der Waals surface area (Å²) in [5.74, 6) is -0.793. The topological polar surface area (TPSA) is 125 Å². The van der Waals surface area contributed by atoms with Crippen molar-refractivity contribution in [3.8, 4) is 0 Å². The second-order valence-electron chi connectivity index (χ2n) is 7.97. The van der Waals surface area contributed by atoms with Gasteiger partial charge in [-0.2, -0.15) is 4.31 Å². The van der Waals surface area contributed by atoms with Crippen LogP contribution in [0.1, 0.15) is 23.2 Å². The number of rotatable bonds is 7. The minimum absolute atomic E-state index is 0.0700. The van der Waals surface area contributed by atoms with Gasteiger partial charge in [-0.1, -0.05) is 0 Å². The van der Waals surface area contributed by atoms with E-state index in [4.69, 9.17) is 4.74 Å². The maximum absolute atomic E-state index is 12.7. The van der Waals surface area contributed by atoms with Gasteiger partial charge in [0.25, 0.3) is 5.91 Å². The summed E-state index contributed by atoms with van der Waals surface area (Å²) in [5.41, 5.74) is 1.54. The number of benzene rings is 2. The lowest BCUT2D eigenvalue weighted by atomic mass is 10.2. The van der Waals surface area contributed by atoms with Gasteiger partial charge < -0.3 is 20.3 Å². The third-order valence-corrected chi connectivity index (χ3v) is 7.58. The Morgan fingerprint density at radius 1 is 0.941 bits per heavy atom. The van der Waals surface area contributed by atoms with Gasteiger partial charge in [-0.15, -0.1) is 0 Å². The SMILES string of the molecule is O=C(CNC(=O)c1ccc(N2CCCC2=O)cc1)Nc1ccc(S(=O)(=O)N2CCOCC2)cc1. The number of sulfonamides is 1. The molecule has 34 heavy (non-hydrogen) atoms. The van der Waals surface area contributed by atoms with Crippen molar-refractivity contribution < 1.29 is 27.5 Å². The summed E-state index contributed by atoms with van der Waals surface area (Å²) >= 11 is 0. The summed E-state index contributed by atoms with van der Waals surface area (Å²) in [4.78, 5) is 38.2. The second-order valence-corrected chi connectivity index (χ2v) is 9.91. The van der Waals surface area contributed by atoms with Gasteiger partial charge >= 0.3 is 0 Å². The van der Waals surface area contributed by atoms with E-state index in [0.717, 1.165) is 12.1 Å². The Hall–Kier alpha value is -3.28. The molecule has 2 N–H and O–H groups in total. The first-order chi connectivity index (χ1) is 16.3. The Bertz CT molecular complexity index is 1160. The van der Waals surface area contributed by atoms with Crippen LogP contribution in [-0.4, -0.2) is 69.8 Å². The monoisotopic (exact) mass is 486 g/mol. The van der Waals surface area contributed by atoms with E-state index < -0.39 is 21.8 Å². The number of hydrogen-bond acceptors (Lipinski definition) is 6. The second kappa shape index (κ2) is 10.3. The van der Waals surface area contributed by atoms with Gasteiger partial charge in [0.15, 0.2) is 0 Å². The maximum atomic E-state index is 12.7. The van der Waals surface area contributed by atoms with Crippen LogP contribution in [0, 0.1) is 0 Å². The molecule has 11 heteroatoms. The van der Waals surface area contributed by atoms with Crippen LogP contribution in [0.15, 0.2) is 53.4 Å². The molecule has 0 aromatic heterocycles. The number of anilines is 2. The third kappa shape index (κ3) is 5.44. The molecule has 0 spiro atoms. The normalized spacial score (nSPS) is 16.9. The molecule has 0 radical (unpaired) electrons. The molecule has 2 aromatic rings. The Morgan fingerprint density at radius 2 is 1.62 bits per heavy atom. The highest BCUT2D eigenvalue weighted by atomic mass is 32.2. The van der Waals surface area contributed by atoms with E-state index in [1.807, 2.05) is 0 Å². The number of hydrogen-bond donors (Lipinski definition) is 2. The molecule has 2 aliphatic rings. The first-order valence-electron chi connectivity index (χ1n) is 11.0. The molecule has 10 nitrogen and oxygen atoms in total. The lowest BCUT2D eigenvalue weighted by Gasteiger charge is -2.26. The largest absolute Gasteiger partial charge is 0.379 e. The van der Waals surface area contributed by atoms with Crippen LogP contribution in [0.3, 0.4) is 0 Å². The lowest BCUT2D eigenvalue weighted by Crippen LogP contribution is -2.40. The van der Waals surface area contributed by atoms with E-state index in [9.17, 15) is 22.8 Å².